The molecule has 3 rings (SSSR count). The van der Waals surface area contributed by atoms with Crippen molar-refractivity contribution in [2.75, 3.05) is 13.1 Å². The standard InChI is InChI=1S/C12H13F2N5/c13-9-2-1-3-10(14)11(9)12-16-17-18-19(12)8-4-6-15-7-5-8/h1-3,8,15H,4-7H2. The summed E-state index contributed by atoms with van der Waals surface area (Å²) in [6.07, 6.45) is 1.68. The number of nitrogens with one attached hydrogen (secondary N) is 1. The van der Waals surface area contributed by atoms with Gasteiger partial charge >= 0.3 is 0 Å². The molecule has 1 N–H and O–H groups in total. The summed E-state index contributed by atoms with van der Waals surface area (Å²) in [6.45, 7) is 1.70. The number of hydrogen-bond donors (Lipinski definition) is 1. The number of hydrogen-bond acceptors (Lipinski definition) is 4. The average molecular weight is 265 g/mol. The Morgan fingerprint density at radius 1 is 1.16 bits per heavy atom. The summed E-state index contributed by atoms with van der Waals surface area (Å²) in [5, 5.41) is 14.5. The molecule has 2 heterocycles. The van der Waals surface area contributed by atoms with Gasteiger partial charge < -0.3 is 5.32 Å². The number of aromatic nitrogens is 4. The van der Waals surface area contributed by atoms with Crippen molar-refractivity contribution < 1.29 is 8.78 Å². The number of piperidine rings is 1. The molecule has 0 spiro atoms. The van der Waals surface area contributed by atoms with E-state index < -0.39 is 11.6 Å². The molecular weight excluding hydrogens is 252 g/mol. The first-order valence-corrected chi connectivity index (χ1v) is 6.20. The largest absolute Gasteiger partial charge is 0.317 e. The highest BCUT2D eigenvalue weighted by atomic mass is 19.1. The Kier molecular flexibility index (Phi) is 3.20. The zero-order chi connectivity index (χ0) is 13.2. The summed E-state index contributed by atoms with van der Waals surface area (Å²) in [7, 11) is 0. The molecule has 0 unspecified atom stereocenters. The molecule has 5 nitrogen and oxygen atoms in total. The first-order valence-electron chi connectivity index (χ1n) is 6.20. The van der Waals surface area contributed by atoms with Crippen molar-refractivity contribution in [3.05, 3.63) is 29.8 Å². The number of halogens is 2. The van der Waals surface area contributed by atoms with Crippen molar-refractivity contribution in [2.24, 2.45) is 0 Å². The van der Waals surface area contributed by atoms with E-state index in [4.69, 9.17) is 0 Å². The second-order valence-electron chi connectivity index (χ2n) is 4.52. The van der Waals surface area contributed by atoms with E-state index in [1.165, 1.54) is 22.9 Å². The first kappa shape index (κ1) is 12.2. The first-order chi connectivity index (χ1) is 9.27. The van der Waals surface area contributed by atoms with Gasteiger partial charge in [-0.3, -0.25) is 0 Å². The maximum atomic E-state index is 13.8. The number of rotatable bonds is 2. The molecule has 0 saturated carbocycles. The zero-order valence-corrected chi connectivity index (χ0v) is 10.2. The Labute approximate surface area is 108 Å². The van der Waals surface area contributed by atoms with E-state index in [9.17, 15) is 8.78 Å². The van der Waals surface area contributed by atoms with Crippen molar-refractivity contribution in [3.8, 4) is 11.4 Å². The van der Waals surface area contributed by atoms with E-state index in [2.05, 4.69) is 20.8 Å². The van der Waals surface area contributed by atoms with Gasteiger partial charge in [0.05, 0.1) is 11.6 Å². The molecule has 0 atom stereocenters. The summed E-state index contributed by atoms with van der Waals surface area (Å²) < 4.78 is 29.1. The van der Waals surface area contributed by atoms with Gasteiger partial charge in [0, 0.05) is 0 Å². The fourth-order valence-corrected chi connectivity index (χ4v) is 2.37. The molecule has 100 valence electrons. The molecule has 1 saturated heterocycles. The molecule has 0 amide bonds. The topological polar surface area (TPSA) is 55.6 Å². The van der Waals surface area contributed by atoms with Crippen molar-refractivity contribution >= 4 is 0 Å². The highest BCUT2D eigenvalue weighted by Gasteiger charge is 2.24. The smallest absolute Gasteiger partial charge is 0.188 e. The lowest BCUT2D eigenvalue weighted by Gasteiger charge is -2.23. The van der Waals surface area contributed by atoms with Gasteiger partial charge in [-0.25, -0.2) is 13.5 Å². The zero-order valence-electron chi connectivity index (χ0n) is 10.2. The number of tetrazole rings is 1. The Morgan fingerprint density at radius 3 is 2.53 bits per heavy atom. The Balaban J connectivity index is 2.04. The predicted molar refractivity (Wildman–Crippen MR) is 64.3 cm³/mol. The fraction of sp³-hybridized carbons (Fsp3) is 0.417. The third-order valence-electron chi connectivity index (χ3n) is 3.33. The SMILES string of the molecule is Fc1cccc(F)c1-c1nnnn1C1CCNCC1. The predicted octanol–water partition coefficient (Wildman–Crippen LogP) is 1.54. The van der Waals surface area contributed by atoms with Crippen LogP contribution in [0.5, 0.6) is 0 Å². The van der Waals surface area contributed by atoms with Crippen LogP contribution in [0.15, 0.2) is 18.2 Å². The Morgan fingerprint density at radius 2 is 1.84 bits per heavy atom. The number of nitrogens with zero attached hydrogens (tertiary/aromatic N) is 4. The van der Waals surface area contributed by atoms with Crippen LogP contribution in [-0.4, -0.2) is 33.3 Å². The molecule has 1 aliphatic rings. The van der Waals surface area contributed by atoms with Gasteiger partial charge in [-0.05, 0) is 48.5 Å². The van der Waals surface area contributed by atoms with Gasteiger partial charge in [-0.1, -0.05) is 6.07 Å². The lowest BCUT2D eigenvalue weighted by molar-refractivity contribution is 0.339. The van der Waals surface area contributed by atoms with Crippen LogP contribution in [0.25, 0.3) is 11.4 Å². The van der Waals surface area contributed by atoms with E-state index in [0.717, 1.165) is 25.9 Å². The summed E-state index contributed by atoms with van der Waals surface area (Å²) in [6, 6.07) is 3.82. The molecule has 2 aromatic rings. The van der Waals surface area contributed by atoms with Gasteiger partial charge in [0.15, 0.2) is 5.82 Å². The summed E-state index contributed by atoms with van der Waals surface area (Å²) in [5.41, 5.74) is -0.161. The van der Waals surface area contributed by atoms with Crippen LogP contribution in [0.3, 0.4) is 0 Å². The van der Waals surface area contributed by atoms with Crippen LogP contribution in [0.2, 0.25) is 0 Å². The van der Waals surface area contributed by atoms with Crippen LogP contribution < -0.4 is 5.32 Å². The van der Waals surface area contributed by atoms with E-state index in [0.29, 0.717) is 0 Å². The van der Waals surface area contributed by atoms with Crippen molar-refractivity contribution in [3.63, 3.8) is 0 Å². The van der Waals surface area contributed by atoms with Crippen LogP contribution >= 0.6 is 0 Å². The number of benzene rings is 1. The van der Waals surface area contributed by atoms with Crippen LogP contribution in [0, 0.1) is 11.6 Å². The van der Waals surface area contributed by atoms with Crippen LogP contribution in [-0.2, 0) is 0 Å². The normalized spacial score (nSPS) is 16.7. The summed E-state index contributed by atoms with van der Waals surface area (Å²) in [5.74, 6) is -1.14. The third kappa shape index (κ3) is 2.21. The quantitative estimate of drug-likeness (QED) is 0.895. The van der Waals surface area contributed by atoms with E-state index in [-0.39, 0.29) is 17.4 Å². The summed E-state index contributed by atoms with van der Waals surface area (Å²) >= 11 is 0. The minimum atomic E-state index is -0.648. The Hall–Kier alpha value is -1.89. The monoisotopic (exact) mass is 265 g/mol. The molecule has 0 aliphatic carbocycles. The van der Waals surface area contributed by atoms with Gasteiger partial charge in [0.25, 0.3) is 0 Å². The lowest BCUT2D eigenvalue weighted by Crippen LogP contribution is -2.30. The van der Waals surface area contributed by atoms with E-state index in [1.807, 2.05) is 0 Å². The van der Waals surface area contributed by atoms with Gasteiger partial charge in [-0.15, -0.1) is 5.10 Å². The van der Waals surface area contributed by atoms with E-state index >= 15 is 0 Å². The van der Waals surface area contributed by atoms with Gasteiger partial charge in [-0.2, -0.15) is 0 Å². The second-order valence-corrected chi connectivity index (χ2v) is 4.52. The minimum absolute atomic E-state index is 0.0743. The minimum Gasteiger partial charge on any atom is -0.317 e. The van der Waals surface area contributed by atoms with Crippen molar-refractivity contribution in [2.45, 2.75) is 18.9 Å². The van der Waals surface area contributed by atoms with Crippen molar-refractivity contribution in [1.82, 2.24) is 25.5 Å². The molecule has 1 aliphatic heterocycles. The van der Waals surface area contributed by atoms with Crippen LogP contribution in [0.4, 0.5) is 8.78 Å². The summed E-state index contributed by atoms with van der Waals surface area (Å²) in [4.78, 5) is 0. The highest BCUT2D eigenvalue weighted by Crippen LogP contribution is 2.27. The third-order valence-corrected chi connectivity index (χ3v) is 3.33. The molecule has 7 heteroatoms. The Bertz CT molecular complexity index is 557. The lowest BCUT2D eigenvalue weighted by atomic mass is 10.1. The van der Waals surface area contributed by atoms with E-state index in [1.54, 1.807) is 0 Å². The molecular formula is C12H13F2N5. The maximum Gasteiger partial charge on any atom is 0.188 e. The maximum absolute atomic E-state index is 13.8. The van der Waals surface area contributed by atoms with Crippen molar-refractivity contribution in [1.29, 1.82) is 0 Å². The molecule has 1 fully saturated rings. The molecule has 1 aromatic carbocycles. The molecule has 0 bridgehead atoms. The average Bonchev–Trinajstić information content (AvgIpc) is 2.89. The van der Waals surface area contributed by atoms with Crippen LogP contribution in [0.1, 0.15) is 18.9 Å². The van der Waals surface area contributed by atoms with Gasteiger partial charge in [0.2, 0.25) is 0 Å². The molecule has 1 aromatic heterocycles. The fourth-order valence-electron chi connectivity index (χ4n) is 2.37. The van der Waals surface area contributed by atoms with Gasteiger partial charge in [0.1, 0.15) is 11.6 Å². The molecule has 0 radical (unpaired) electrons. The molecule has 19 heavy (non-hydrogen) atoms. The second kappa shape index (κ2) is 5.00. The highest BCUT2D eigenvalue weighted by molar-refractivity contribution is 5.56.